The molecule has 0 aliphatic heterocycles. The van der Waals surface area contributed by atoms with Crippen molar-refractivity contribution >= 4 is 23.3 Å². The van der Waals surface area contributed by atoms with Gasteiger partial charge in [-0.2, -0.15) is 5.10 Å². The van der Waals surface area contributed by atoms with E-state index < -0.39 is 0 Å². The number of carbonyl (C=O) groups is 1. The summed E-state index contributed by atoms with van der Waals surface area (Å²) in [7, 11) is 0. The van der Waals surface area contributed by atoms with Crippen LogP contribution in [0, 0.1) is 0 Å². The minimum Gasteiger partial charge on any atom is -0.492 e. The summed E-state index contributed by atoms with van der Waals surface area (Å²) < 4.78 is 7.36. The summed E-state index contributed by atoms with van der Waals surface area (Å²) in [4.78, 5) is 11.9. The molecule has 0 aliphatic rings. The van der Waals surface area contributed by atoms with Crippen molar-refractivity contribution in [1.82, 2.24) is 15.1 Å². The van der Waals surface area contributed by atoms with Crippen molar-refractivity contribution in [2.24, 2.45) is 0 Å². The first kappa shape index (κ1) is 17.8. The third-order valence-corrected chi connectivity index (χ3v) is 3.84. The lowest BCUT2D eigenvalue weighted by Gasteiger charge is -2.10. The molecule has 0 fully saturated rings. The van der Waals surface area contributed by atoms with Gasteiger partial charge in [-0.1, -0.05) is 23.7 Å². The molecule has 0 saturated carbocycles. The fourth-order valence-electron chi connectivity index (χ4n) is 2.31. The summed E-state index contributed by atoms with van der Waals surface area (Å²) in [5, 5.41) is 10.4. The van der Waals surface area contributed by atoms with Crippen molar-refractivity contribution in [2.45, 2.75) is 6.54 Å². The van der Waals surface area contributed by atoms with Crippen molar-refractivity contribution in [3.05, 3.63) is 77.6 Å². The molecule has 26 heavy (non-hydrogen) atoms. The summed E-state index contributed by atoms with van der Waals surface area (Å²) in [6.07, 6.45) is 3.66. The van der Waals surface area contributed by atoms with E-state index in [-0.39, 0.29) is 6.03 Å². The number of nitrogens with one attached hydrogen (secondary N) is 2. The number of aromatic nitrogens is 2. The van der Waals surface area contributed by atoms with E-state index in [4.69, 9.17) is 16.3 Å². The zero-order chi connectivity index (χ0) is 18.2. The molecule has 6 nitrogen and oxygen atoms in total. The zero-order valence-electron chi connectivity index (χ0n) is 14.1. The van der Waals surface area contributed by atoms with E-state index in [9.17, 15) is 4.79 Å². The summed E-state index contributed by atoms with van der Waals surface area (Å²) in [5.41, 5.74) is 1.83. The molecule has 1 heterocycles. The summed E-state index contributed by atoms with van der Waals surface area (Å²) >= 11 is 5.81. The van der Waals surface area contributed by atoms with Gasteiger partial charge >= 0.3 is 6.03 Å². The molecule has 134 valence electrons. The van der Waals surface area contributed by atoms with Gasteiger partial charge in [0, 0.05) is 23.1 Å². The number of urea groups is 1. The molecule has 0 spiro atoms. The van der Waals surface area contributed by atoms with Crippen LogP contribution in [0.4, 0.5) is 10.5 Å². The molecular formula is C19H19ClN4O2. The number of benzene rings is 2. The Bertz CT molecular complexity index is 818. The Labute approximate surface area is 156 Å². The minimum atomic E-state index is -0.274. The van der Waals surface area contributed by atoms with E-state index in [0.29, 0.717) is 30.5 Å². The van der Waals surface area contributed by atoms with Gasteiger partial charge in [0.25, 0.3) is 0 Å². The van der Waals surface area contributed by atoms with Crippen LogP contribution in [-0.2, 0) is 6.54 Å². The van der Waals surface area contributed by atoms with Crippen molar-refractivity contribution in [3.63, 3.8) is 0 Å². The highest BCUT2D eigenvalue weighted by Gasteiger charge is 2.02. The maximum Gasteiger partial charge on any atom is 0.319 e. The Morgan fingerprint density at radius 3 is 2.58 bits per heavy atom. The van der Waals surface area contributed by atoms with Gasteiger partial charge in [0.15, 0.2) is 0 Å². The Morgan fingerprint density at radius 1 is 1.12 bits per heavy atom. The van der Waals surface area contributed by atoms with Crippen LogP contribution in [0.5, 0.6) is 5.75 Å². The molecule has 0 unspecified atom stereocenters. The fraction of sp³-hybridized carbons (Fsp3) is 0.158. The van der Waals surface area contributed by atoms with Crippen LogP contribution in [-0.4, -0.2) is 29.0 Å². The average Bonchev–Trinajstić information content (AvgIpc) is 3.15. The second-order valence-corrected chi connectivity index (χ2v) is 6.02. The van der Waals surface area contributed by atoms with Gasteiger partial charge in [-0.25, -0.2) is 4.79 Å². The summed E-state index contributed by atoms with van der Waals surface area (Å²) in [6.45, 7) is 1.46. The SMILES string of the molecule is O=C(NCCOc1ccc(Cl)cc1)Nc1ccc(Cn2cccn2)cc1. The number of nitrogens with zero attached hydrogens (tertiary/aromatic N) is 2. The first-order chi connectivity index (χ1) is 12.7. The monoisotopic (exact) mass is 370 g/mol. The number of amides is 2. The molecule has 2 N–H and O–H groups in total. The fourth-order valence-corrected chi connectivity index (χ4v) is 2.44. The maximum absolute atomic E-state index is 11.9. The molecule has 0 aliphatic carbocycles. The Kier molecular flexibility index (Phi) is 6.11. The van der Waals surface area contributed by atoms with Crippen molar-refractivity contribution in [3.8, 4) is 5.75 Å². The normalized spacial score (nSPS) is 10.3. The molecule has 0 atom stereocenters. The highest BCUT2D eigenvalue weighted by molar-refractivity contribution is 6.30. The summed E-state index contributed by atoms with van der Waals surface area (Å²) in [6, 6.07) is 16.3. The number of hydrogen-bond acceptors (Lipinski definition) is 3. The first-order valence-electron chi connectivity index (χ1n) is 8.19. The van der Waals surface area contributed by atoms with Crippen LogP contribution in [0.3, 0.4) is 0 Å². The standard InChI is InChI=1S/C19H19ClN4O2/c20-16-4-8-18(9-5-16)26-13-11-21-19(25)23-17-6-2-15(3-7-17)14-24-12-1-10-22-24/h1-10,12H,11,13-14H2,(H2,21,23,25). The Hall–Kier alpha value is -2.99. The lowest BCUT2D eigenvalue weighted by molar-refractivity contribution is 0.247. The van der Waals surface area contributed by atoms with Crippen LogP contribution in [0.15, 0.2) is 67.0 Å². The Morgan fingerprint density at radius 2 is 1.88 bits per heavy atom. The van der Waals surface area contributed by atoms with Crippen molar-refractivity contribution < 1.29 is 9.53 Å². The van der Waals surface area contributed by atoms with Gasteiger partial charge < -0.3 is 15.4 Å². The quantitative estimate of drug-likeness (QED) is 0.622. The van der Waals surface area contributed by atoms with Crippen molar-refractivity contribution in [2.75, 3.05) is 18.5 Å². The van der Waals surface area contributed by atoms with Gasteiger partial charge in [-0.05, 0) is 48.0 Å². The van der Waals surface area contributed by atoms with Gasteiger partial charge in [-0.15, -0.1) is 0 Å². The number of rotatable bonds is 7. The largest absolute Gasteiger partial charge is 0.492 e. The molecule has 0 bridgehead atoms. The Balaban J connectivity index is 1.38. The van der Waals surface area contributed by atoms with Crippen LogP contribution in [0.1, 0.15) is 5.56 Å². The van der Waals surface area contributed by atoms with Gasteiger partial charge in [-0.3, -0.25) is 4.68 Å². The second kappa shape index (κ2) is 8.92. The lowest BCUT2D eigenvalue weighted by atomic mass is 10.2. The predicted octanol–water partition coefficient (Wildman–Crippen LogP) is 3.79. The maximum atomic E-state index is 11.9. The predicted molar refractivity (Wildman–Crippen MR) is 102 cm³/mol. The molecule has 3 rings (SSSR count). The van der Waals surface area contributed by atoms with Crippen LogP contribution < -0.4 is 15.4 Å². The van der Waals surface area contributed by atoms with E-state index in [0.717, 1.165) is 11.3 Å². The molecule has 0 radical (unpaired) electrons. The first-order valence-corrected chi connectivity index (χ1v) is 8.56. The number of halogens is 1. The molecule has 2 amide bonds. The third-order valence-electron chi connectivity index (χ3n) is 3.59. The number of hydrogen-bond donors (Lipinski definition) is 2. The zero-order valence-corrected chi connectivity index (χ0v) is 14.8. The van der Waals surface area contributed by atoms with Crippen LogP contribution in [0.25, 0.3) is 0 Å². The summed E-state index contributed by atoms with van der Waals surface area (Å²) in [5.74, 6) is 0.712. The molecule has 3 aromatic rings. The van der Waals surface area contributed by atoms with E-state index in [1.165, 1.54) is 0 Å². The molecular weight excluding hydrogens is 352 g/mol. The highest BCUT2D eigenvalue weighted by atomic mass is 35.5. The topological polar surface area (TPSA) is 68.2 Å². The highest BCUT2D eigenvalue weighted by Crippen LogP contribution is 2.15. The smallest absolute Gasteiger partial charge is 0.319 e. The van der Waals surface area contributed by atoms with E-state index >= 15 is 0 Å². The average molecular weight is 371 g/mol. The van der Waals surface area contributed by atoms with E-state index in [1.807, 2.05) is 41.2 Å². The van der Waals surface area contributed by atoms with E-state index in [2.05, 4.69) is 15.7 Å². The van der Waals surface area contributed by atoms with Gasteiger partial charge in [0.1, 0.15) is 12.4 Å². The number of carbonyl (C=O) groups excluding carboxylic acids is 1. The minimum absolute atomic E-state index is 0.274. The molecule has 7 heteroatoms. The van der Waals surface area contributed by atoms with Crippen molar-refractivity contribution in [1.29, 1.82) is 0 Å². The van der Waals surface area contributed by atoms with Gasteiger partial charge in [0.2, 0.25) is 0 Å². The second-order valence-electron chi connectivity index (χ2n) is 5.58. The molecule has 2 aromatic carbocycles. The van der Waals surface area contributed by atoms with Crippen LogP contribution >= 0.6 is 11.6 Å². The van der Waals surface area contributed by atoms with Crippen LogP contribution in [0.2, 0.25) is 5.02 Å². The lowest BCUT2D eigenvalue weighted by Crippen LogP contribution is -2.32. The van der Waals surface area contributed by atoms with Gasteiger partial charge in [0.05, 0.1) is 13.1 Å². The molecule has 0 saturated heterocycles. The number of anilines is 1. The van der Waals surface area contributed by atoms with E-state index in [1.54, 1.807) is 30.5 Å². The third kappa shape index (κ3) is 5.53. The number of ether oxygens (including phenoxy) is 1. The molecule has 1 aromatic heterocycles.